The summed E-state index contributed by atoms with van der Waals surface area (Å²) in [5.41, 5.74) is 2.56. The summed E-state index contributed by atoms with van der Waals surface area (Å²) < 4.78 is 25.1. The molecule has 2 aliphatic carbocycles. The first kappa shape index (κ1) is 41.1. The molecule has 2 fully saturated rings. The lowest BCUT2D eigenvalue weighted by Gasteiger charge is -2.45. The van der Waals surface area contributed by atoms with E-state index in [2.05, 4.69) is 21.7 Å². The number of anilines is 1. The van der Waals surface area contributed by atoms with Gasteiger partial charge in [-0.3, -0.25) is 19.1 Å². The molecular weight excluding hydrogens is 755 g/mol. The van der Waals surface area contributed by atoms with Crippen LogP contribution in [0, 0.1) is 11.3 Å². The monoisotopic (exact) mass is 805 g/mol. The number of fused-ring (bicyclic) bond motifs is 7. The van der Waals surface area contributed by atoms with Gasteiger partial charge in [0.2, 0.25) is 11.7 Å². The fraction of sp³-hybridized carbons (Fsp3) is 0.444. The van der Waals surface area contributed by atoms with Crippen molar-refractivity contribution in [1.82, 2.24) is 20.3 Å². The van der Waals surface area contributed by atoms with Gasteiger partial charge in [-0.2, -0.15) is 0 Å². The molecule has 0 unspecified atom stereocenters. The molecule has 1 amide bonds. The lowest BCUT2D eigenvalue weighted by molar-refractivity contribution is -0.162. The summed E-state index contributed by atoms with van der Waals surface area (Å²) >= 11 is 0. The maximum atomic E-state index is 14.2. The Morgan fingerprint density at radius 2 is 1.92 bits per heavy atom. The number of carbonyl (C=O) groups is 4. The summed E-state index contributed by atoms with van der Waals surface area (Å²) in [5.74, 6) is -1.20. The molecule has 5 aliphatic rings. The zero-order chi connectivity index (χ0) is 42.1. The van der Waals surface area contributed by atoms with E-state index in [1.165, 1.54) is 6.07 Å². The van der Waals surface area contributed by atoms with Gasteiger partial charge < -0.3 is 28.8 Å². The lowest BCUT2D eigenvalue weighted by atomic mass is 9.61. The highest BCUT2D eigenvalue weighted by molar-refractivity contribution is 6.26. The van der Waals surface area contributed by atoms with Crippen LogP contribution in [0.5, 0.6) is 0 Å². The highest BCUT2D eigenvalue weighted by atomic mass is 16.6. The number of Topliss-reactive ketones (excluding diaryl/α,β-unsaturated/α-hetero) is 1. The third-order valence-electron chi connectivity index (χ3n) is 11.7. The highest BCUT2D eigenvalue weighted by Gasteiger charge is 2.64. The van der Waals surface area contributed by atoms with Gasteiger partial charge in [0.15, 0.2) is 5.60 Å². The van der Waals surface area contributed by atoms with Gasteiger partial charge in [0.25, 0.3) is 0 Å². The number of ketones is 1. The third kappa shape index (κ3) is 8.72. The molecule has 8 rings (SSSR count). The number of benzene rings is 1. The molecule has 4 bridgehead atoms. The number of nitrogens with zero attached hydrogens (tertiary/aromatic N) is 4. The number of aromatic nitrogens is 3. The van der Waals surface area contributed by atoms with E-state index in [1.54, 1.807) is 16.9 Å². The van der Waals surface area contributed by atoms with Crippen LogP contribution in [0.2, 0.25) is 0 Å². The third-order valence-corrected chi connectivity index (χ3v) is 11.7. The molecule has 3 aromatic rings. The second-order valence-electron chi connectivity index (χ2n) is 16.5. The molecule has 59 heavy (non-hydrogen) atoms. The average Bonchev–Trinajstić information content (AvgIpc) is 3.73. The molecule has 2 aromatic heterocycles. The summed E-state index contributed by atoms with van der Waals surface area (Å²) in [5, 5.41) is 11.8. The number of nitrogens with one attached hydrogen (secondary N) is 1. The molecule has 5 heterocycles. The second-order valence-corrected chi connectivity index (χ2v) is 16.5. The minimum atomic E-state index is -1.36. The van der Waals surface area contributed by atoms with Crippen LogP contribution in [0.4, 0.5) is 5.69 Å². The molecule has 3 aliphatic heterocycles. The van der Waals surface area contributed by atoms with Crippen molar-refractivity contribution in [3.05, 3.63) is 111 Å². The van der Waals surface area contributed by atoms with Gasteiger partial charge in [-0.15, -0.1) is 5.10 Å². The number of aryl methyl sites for hydroxylation is 1. The maximum absolute atomic E-state index is 14.2. The number of ether oxygens (including phenoxy) is 3. The van der Waals surface area contributed by atoms with Crippen molar-refractivity contribution >= 4 is 40.3 Å². The topological polar surface area (TPSA) is 172 Å². The Balaban J connectivity index is 0.953. The minimum absolute atomic E-state index is 0.00629. The Kier molecular flexibility index (Phi) is 11.6. The van der Waals surface area contributed by atoms with Crippen LogP contribution < -0.4 is 15.8 Å². The molecule has 4 atom stereocenters. The molecule has 0 radical (unpaired) electrons. The van der Waals surface area contributed by atoms with Crippen LogP contribution in [-0.4, -0.2) is 71.0 Å². The standard InChI is InChI=1S/C45H51N5O9/c1-27-9-7-10-34(17-30-12-15-36(56-26-30)41-42(54)45(59-43(41)55)23-29(3)28(2)22-44(45,4)21-27)57-39(52)11-8-16-50-25-32(47-48-50)24-46-38(51)18-31-19-40(53)58-37-20-33(49(5)6)13-14-35(31)37/h7,9,13-14,17,19-22,25,29,34H,8,10-12,15-16,18,23-24,26H2,1-6H3,(H,46,51)/b9-7+,27-21+,30-17-,41-36+/t29-,34+,44-,45+/m0/s1. The van der Waals surface area contributed by atoms with Crippen molar-refractivity contribution in [2.75, 3.05) is 25.6 Å². The van der Waals surface area contributed by atoms with Gasteiger partial charge in [0, 0.05) is 69.5 Å². The molecule has 2 saturated heterocycles. The van der Waals surface area contributed by atoms with E-state index < -0.39 is 28.7 Å². The van der Waals surface area contributed by atoms with Crippen LogP contribution in [0.3, 0.4) is 0 Å². The summed E-state index contributed by atoms with van der Waals surface area (Å²) in [6.45, 7) is 8.69. The molecule has 14 nitrogen and oxygen atoms in total. The van der Waals surface area contributed by atoms with Crippen molar-refractivity contribution in [3.8, 4) is 0 Å². The SMILES string of the molecule is CC1=C[C@]2(C)/C=C(C)/C=C/C[C@@H](OC(=O)CCCn3cc(CNC(=O)Cc4cc(=O)oc5cc(N(C)C)ccc45)nn3)/C=C3/CC/C(=C4\C(=O)O[C@]2(C[C@@H]1C)C4=O)OC3. The number of allylic oxidation sites excluding steroid dienone is 4. The van der Waals surface area contributed by atoms with Crippen LogP contribution in [0.15, 0.2) is 98.1 Å². The Morgan fingerprint density at radius 3 is 2.68 bits per heavy atom. The normalized spacial score (nSPS) is 27.8. The smallest absolute Gasteiger partial charge is 0.346 e. The van der Waals surface area contributed by atoms with Gasteiger partial charge in [-0.1, -0.05) is 47.6 Å². The van der Waals surface area contributed by atoms with Crippen molar-refractivity contribution in [3.63, 3.8) is 0 Å². The van der Waals surface area contributed by atoms with E-state index in [1.807, 2.05) is 83.1 Å². The van der Waals surface area contributed by atoms with Gasteiger partial charge >= 0.3 is 17.6 Å². The second kappa shape index (κ2) is 16.7. The van der Waals surface area contributed by atoms with Crippen LogP contribution in [0.1, 0.15) is 77.5 Å². The number of amides is 1. The summed E-state index contributed by atoms with van der Waals surface area (Å²) in [7, 11) is 3.78. The number of rotatable bonds is 10. The van der Waals surface area contributed by atoms with Gasteiger partial charge in [0.1, 0.15) is 35.3 Å². The summed E-state index contributed by atoms with van der Waals surface area (Å²) in [6.07, 6.45) is 13.3. The molecule has 310 valence electrons. The van der Waals surface area contributed by atoms with Crippen LogP contribution >= 0.6 is 0 Å². The van der Waals surface area contributed by atoms with E-state index in [0.29, 0.717) is 66.6 Å². The van der Waals surface area contributed by atoms with Crippen LogP contribution in [-0.2, 0) is 52.9 Å². The Bertz CT molecular complexity index is 2400. The van der Waals surface area contributed by atoms with E-state index in [-0.39, 0.29) is 55.1 Å². The molecule has 0 saturated carbocycles. The lowest BCUT2D eigenvalue weighted by Crippen LogP contribution is -2.53. The fourth-order valence-corrected chi connectivity index (χ4v) is 8.44. The summed E-state index contributed by atoms with van der Waals surface area (Å²) in [4.78, 5) is 67.7. The zero-order valence-electron chi connectivity index (χ0n) is 34.5. The van der Waals surface area contributed by atoms with Gasteiger partial charge in [-0.25, -0.2) is 9.59 Å². The first-order chi connectivity index (χ1) is 28.1. The largest absolute Gasteiger partial charge is 0.493 e. The fourth-order valence-electron chi connectivity index (χ4n) is 8.44. The Hall–Kier alpha value is -6.05. The quantitative estimate of drug-likeness (QED) is 0.114. The first-order valence-corrected chi connectivity index (χ1v) is 20.1. The van der Waals surface area contributed by atoms with E-state index in [0.717, 1.165) is 22.4 Å². The predicted octanol–water partition coefficient (Wildman–Crippen LogP) is 5.76. The summed E-state index contributed by atoms with van der Waals surface area (Å²) in [6, 6.07) is 6.84. The van der Waals surface area contributed by atoms with Crippen molar-refractivity contribution in [1.29, 1.82) is 0 Å². The molecular formula is C45H51N5O9. The van der Waals surface area contributed by atoms with Crippen LogP contribution in [0.25, 0.3) is 11.0 Å². The molecule has 1 N–H and O–H groups in total. The highest BCUT2D eigenvalue weighted by Crippen LogP contribution is 2.53. The molecule has 14 heteroatoms. The van der Waals surface area contributed by atoms with Gasteiger partial charge in [-0.05, 0) is 68.9 Å². The van der Waals surface area contributed by atoms with E-state index >= 15 is 0 Å². The van der Waals surface area contributed by atoms with Crippen molar-refractivity contribution in [2.45, 2.75) is 97.4 Å². The van der Waals surface area contributed by atoms with Crippen molar-refractivity contribution < 1.29 is 37.8 Å². The number of esters is 2. The molecule has 1 aromatic carbocycles. The average molecular weight is 806 g/mol. The van der Waals surface area contributed by atoms with E-state index in [9.17, 15) is 24.0 Å². The van der Waals surface area contributed by atoms with Gasteiger partial charge in [0.05, 0.1) is 24.6 Å². The zero-order valence-corrected chi connectivity index (χ0v) is 34.5. The predicted molar refractivity (Wildman–Crippen MR) is 219 cm³/mol. The first-order valence-electron chi connectivity index (χ1n) is 20.1. The Morgan fingerprint density at radius 1 is 1.10 bits per heavy atom. The maximum Gasteiger partial charge on any atom is 0.346 e. The Labute approximate surface area is 342 Å². The number of hydrogen-bond acceptors (Lipinski definition) is 12. The number of carbonyl (C=O) groups excluding carboxylic acids is 4. The van der Waals surface area contributed by atoms with E-state index in [4.69, 9.17) is 18.6 Å². The molecule has 1 spiro atoms. The minimum Gasteiger partial charge on any atom is -0.493 e. The number of hydrogen-bond donors (Lipinski definition) is 1. The van der Waals surface area contributed by atoms with Crippen molar-refractivity contribution in [2.24, 2.45) is 11.3 Å².